The van der Waals surface area contributed by atoms with Crippen LogP contribution in [0.5, 0.6) is 0 Å². The first-order valence-corrected chi connectivity index (χ1v) is 15.5. The van der Waals surface area contributed by atoms with Crippen molar-refractivity contribution in [3.05, 3.63) is 35.4 Å². The maximum Gasteiger partial charge on any atom is 0.416 e. The normalized spacial score (nSPS) is 11.4. The highest BCUT2D eigenvalue weighted by Crippen LogP contribution is 2.28. The monoisotopic (exact) mass is 518 g/mol. The van der Waals surface area contributed by atoms with Crippen LogP contribution < -0.4 is 5.11 Å². The lowest BCUT2D eigenvalue weighted by Crippen LogP contribution is -2.22. The van der Waals surface area contributed by atoms with E-state index in [9.17, 15) is 23.1 Å². The van der Waals surface area contributed by atoms with Crippen LogP contribution in [0.3, 0.4) is 0 Å². The molecule has 0 aliphatic carbocycles. The van der Waals surface area contributed by atoms with Gasteiger partial charge in [0, 0.05) is 0 Å². The van der Waals surface area contributed by atoms with Gasteiger partial charge in [0.15, 0.2) is 0 Å². The minimum atomic E-state index is -4.44. The first-order valence-electron chi connectivity index (χ1n) is 13.8. The lowest BCUT2D eigenvalue weighted by atomic mass is 10.1. The average Bonchev–Trinajstić information content (AvgIpc) is 2.83. The third kappa shape index (κ3) is 19.7. The van der Waals surface area contributed by atoms with E-state index in [1.807, 2.05) is 0 Å². The standard InChI is InChI=1S/C21H45S.C8H5F3O2/c1-4-7-10-13-16-19-22(20-17-14-11-8-5-2)21-18-15-12-9-6-3;9-8(10,11)6-3-1-5(2-4-6)7(12)13/h4-21H2,1-3H3;1-4H,(H,12,13)/q+1;/p-1. The minimum Gasteiger partial charge on any atom is -0.545 e. The van der Waals surface area contributed by atoms with E-state index in [1.54, 1.807) is 17.3 Å². The van der Waals surface area contributed by atoms with Crippen molar-refractivity contribution in [2.24, 2.45) is 0 Å². The quantitative estimate of drug-likeness (QED) is 0.136. The van der Waals surface area contributed by atoms with Crippen LogP contribution in [-0.2, 0) is 17.1 Å². The van der Waals surface area contributed by atoms with Crippen molar-refractivity contribution in [3.8, 4) is 0 Å². The molecule has 6 heteroatoms. The number of carbonyl (C=O) groups is 1. The van der Waals surface area contributed by atoms with Gasteiger partial charge in [0.2, 0.25) is 0 Å². The minimum absolute atomic E-state index is 0.270. The third-order valence-electron chi connectivity index (χ3n) is 6.06. The third-order valence-corrected chi connectivity index (χ3v) is 8.66. The topological polar surface area (TPSA) is 40.1 Å². The van der Waals surface area contributed by atoms with Crippen molar-refractivity contribution < 1.29 is 23.1 Å². The zero-order chi connectivity index (χ0) is 26.4. The second-order valence-electron chi connectivity index (χ2n) is 9.33. The Hall–Kier alpha value is -1.17. The van der Waals surface area contributed by atoms with E-state index in [1.165, 1.54) is 96.3 Å². The molecule has 0 atom stereocenters. The second-order valence-corrected chi connectivity index (χ2v) is 11.8. The number of carbonyl (C=O) groups excluding carboxylic acids is 1. The van der Waals surface area contributed by atoms with Crippen molar-refractivity contribution in [2.45, 2.75) is 123 Å². The number of carboxylic acids is 1. The summed E-state index contributed by atoms with van der Waals surface area (Å²) in [6.07, 6.45) is 17.4. The van der Waals surface area contributed by atoms with Gasteiger partial charge in [-0.1, -0.05) is 90.7 Å². The highest BCUT2D eigenvalue weighted by atomic mass is 32.2. The fourth-order valence-corrected chi connectivity index (χ4v) is 6.28. The number of unbranched alkanes of at least 4 members (excludes halogenated alkanes) is 12. The number of benzene rings is 1. The number of halogens is 3. The molecule has 0 aliphatic rings. The summed E-state index contributed by atoms with van der Waals surface area (Å²) in [5, 5.41) is 10.2. The number of carboxylic acid groups (broad SMARTS) is 1. The van der Waals surface area contributed by atoms with Crippen molar-refractivity contribution in [3.63, 3.8) is 0 Å². The van der Waals surface area contributed by atoms with Crippen LogP contribution in [0.15, 0.2) is 24.3 Å². The molecule has 0 unspecified atom stereocenters. The summed E-state index contributed by atoms with van der Waals surface area (Å²) in [6, 6.07) is 3.12. The molecule has 2 nitrogen and oxygen atoms in total. The molecule has 0 heterocycles. The molecular formula is C29H49F3O2S. The van der Waals surface area contributed by atoms with Gasteiger partial charge in [0.1, 0.15) is 17.3 Å². The van der Waals surface area contributed by atoms with E-state index >= 15 is 0 Å². The molecule has 35 heavy (non-hydrogen) atoms. The van der Waals surface area contributed by atoms with Gasteiger partial charge in [-0.2, -0.15) is 13.2 Å². The van der Waals surface area contributed by atoms with Gasteiger partial charge in [0.05, 0.1) is 11.5 Å². The zero-order valence-electron chi connectivity index (χ0n) is 22.4. The van der Waals surface area contributed by atoms with Crippen LogP contribution >= 0.6 is 0 Å². The molecule has 1 aromatic carbocycles. The van der Waals surface area contributed by atoms with Crippen LogP contribution in [0.4, 0.5) is 13.2 Å². The number of hydrogen-bond donors (Lipinski definition) is 0. The van der Waals surface area contributed by atoms with Gasteiger partial charge in [-0.15, -0.1) is 0 Å². The van der Waals surface area contributed by atoms with Crippen LogP contribution in [0, 0.1) is 0 Å². The smallest absolute Gasteiger partial charge is 0.416 e. The van der Waals surface area contributed by atoms with Crippen LogP contribution in [0.2, 0.25) is 0 Å². The zero-order valence-corrected chi connectivity index (χ0v) is 23.2. The van der Waals surface area contributed by atoms with Crippen molar-refractivity contribution in [1.29, 1.82) is 0 Å². The summed E-state index contributed by atoms with van der Waals surface area (Å²) in [5.41, 5.74) is -1.15. The largest absolute Gasteiger partial charge is 0.545 e. The maximum absolute atomic E-state index is 12.0. The van der Waals surface area contributed by atoms with Gasteiger partial charge in [-0.3, -0.25) is 0 Å². The summed E-state index contributed by atoms with van der Waals surface area (Å²) in [7, 11) is 0.759. The van der Waals surface area contributed by atoms with E-state index in [4.69, 9.17) is 0 Å². The Bertz CT molecular complexity index is 584. The number of alkyl halides is 3. The Labute approximate surface area is 215 Å². The second kappa shape index (κ2) is 22.1. The fourth-order valence-electron chi connectivity index (χ4n) is 3.83. The molecule has 0 aliphatic heterocycles. The fraction of sp³-hybridized carbons (Fsp3) is 0.759. The van der Waals surface area contributed by atoms with Gasteiger partial charge in [-0.25, -0.2) is 0 Å². The predicted octanol–water partition coefficient (Wildman–Crippen LogP) is 8.58. The number of aromatic carboxylic acids is 1. The van der Waals surface area contributed by atoms with Crippen molar-refractivity contribution >= 4 is 16.9 Å². The summed E-state index contributed by atoms with van der Waals surface area (Å²) in [4.78, 5) is 10.2. The van der Waals surface area contributed by atoms with Crippen LogP contribution in [-0.4, -0.2) is 23.2 Å². The lowest BCUT2D eigenvalue weighted by molar-refractivity contribution is -0.255. The van der Waals surface area contributed by atoms with Crippen LogP contribution in [0.25, 0.3) is 0 Å². The van der Waals surface area contributed by atoms with E-state index < -0.39 is 17.7 Å². The molecule has 0 spiro atoms. The molecule has 204 valence electrons. The first-order chi connectivity index (χ1) is 16.8. The Morgan fingerprint density at radius 1 is 0.657 bits per heavy atom. The van der Waals surface area contributed by atoms with E-state index in [2.05, 4.69) is 20.8 Å². The number of hydrogen-bond acceptors (Lipinski definition) is 2. The Morgan fingerprint density at radius 3 is 1.29 bits per heavy atom. The van der Waals surface area contributed by atoms with E-state index in [0.29, 0.717) is 12.1 Å². The highest BCUT2D eigenvalue weighted by Gasteiger charge is 2.29. The maximum atomic E-state index is 12.0. The van der Waals surface area contributed by atoms with Crippen LogP contribution in [0.1, 0.15) is 133 Å². The van der Waals surface area contributed by atoms with Gasteiger partial charge in [-0.05, 0) is 67.1 Å². The van der Waals surface area contributed by atoms with Gasteiger partial charge < -0.3 is 9.90 Å². The molecular weight excluding hydrogens is 469 g/mol. The summed E-state index contributed by atoms with van der Waals surface area (Å²) in [6.45, 7) is 6.95. The summed E-state index contributed by atoms with van der Waals surface area (Å²) in [5.74, 6) is 3.15. The summed E-state index contributed by atoms with van der Waals surface area (Å²) >= 11 is 0. The van der Waals surface area contributed by atoms with Gasteiger partial charge in [0.25, 0.3) is 0 Å². The Balaban J connectivity index is 0.000000750. The molecule has 0 fully saturated rings. The predicted molar refractivity (Wildman–Crippen MR) is 144 cm³/mol. The Morgan fingerprint density at radius 2 is 1.00 bits per heavy atom. The van der Waals surface area contributed by atoms with E-state index in [0.717, 1.165) is 23.0 Å². The molecule has 1 rings (SSSR count). The van der Waals surface area contributed by atoms with Gasteiger partial charge >= 0.3 is 6.18 Å². The molecule has 0 bridgehead atoms. The molecule has 0 radical (unpaired) electrons. The van der Waals surface area contributed by atoms with Crippen molar-refractivity contribution in [2.75, 3.05) is 17.3 Å². The molecule has 0 N–H and O–H groups in total. The molecule has 0 saturated heterocycles. The average molecular weight is 519 g/mol. The summed E-state index contributed by atoms with van der Waals surface area (Å²) < 4.78 is 35.9. The SMILES string of the molecule is CCCCCCC[S+](CCCCCCC)CCCCCCC.O=C([O-])c1ccc(C(F)(F)F)cc1. The lowest BCUT2D eigenvalue weighted by Gasteiger charge is -2.09. The van der Waals surface area contributed by atoms with E-state index in [-0.39, 0.29) is 5.56 Å². The molecule has 0 saturated carbocycles. The highest BCUT2D eigenvalue weighted by molar-refractivity contribution is 7.96. The number of rotatable bonds is 19. The molecule has 1 aromatic rings. The first kappa shape index (κ1) is 33.8. The molecule has 0 aromatic heterocycles. The molecule has 0 amide bonds. The Kier molecular flexibility index (Phi) is 21.3. The van der Waals surface area contributed by atoms with Crippen molar-refractivity contribution in [1.82, 2.24) is 0 Å².